The predicted molar refractivity (Wildman–Crippen MR) is 45.9 cm³/mol. The van der Waals surface area contributed by atoms with Gasteiger partial charge in [-0.3, -0.25) is 0 Å². The third-order valence-corrected chi connectivity index (χ3v) is 1.78. The zero-order valence-corrected chi connectivity index (χ0v) is 7.86. The molecule has 0 aromatic rings. The lowest BCUT2D eigenvalue weighted by Crippen LogP contribution is -2.24. The van der Waals surface area contributed by atoms with E-state index in [0.29, 0.717) is 12.5 Å². The van der Waals surface area contributed by atoms with Gasteiger partial charge in [0.25, 0.3) is 0 Å². The summed E-state index contributed by atoms with van der Waals surface area (Å²) < 4.78 is 4.72. The van der Waals surface area contributed by atoms with Crippen molar-refractivity contribution in [2.75, 3.05) is 27.0 Å². The van der Waals surface area contributed by atoms with E-state index in [-0.39, 0.29) is 13.3 Å². The van der Waals surface area contributed by atoms with Crippen molar-refractivity contribution in [2.24, 2.45) is 5.92 Å². The second kappa shape index (κ2) is 7.49. The Hall–Kier alpha value is -0.160. The van der Waals surface area contributed by atoms with Crippen LogP contribution in [0.1, 0.15) is 19.8 Å². The number of ether oxygens (including phenoxy) is 1. The molecule has 0 bridgehead atoms. The van der Waals surface area contributed by atoms with Gasteiger partial charge in [-0.15, -0.1) is 0 Å². The minimum absolute atomic E-state index is 0.219. The molecule has 0 aliphatic heterocycles. The first kappa shape index (κ1) is 11.8. The summed E-state index contributed by atoms with van der Waals surface area (Å²) >= 11 is 0. The minimum Gasteiger partial charge on any atom is -0.396 e. The van der Waals surface area contributed by atoms with Crippen LogP contribution in [0.2, 0.25) is 0 Å². The maximum atomic E-state index is 9.11. The minimum atomic E-state index is 0.219. The Kier molecular flexibility index (Phi) is 7.39. The lowest BCUT2D eigenvalue weighted by Gasteiger charge is -2.15. The van der Waals surface area contributed by atoms with Crippen LogP contribution >= 0.6 is 0 Å². The van der Waals surface area contributed by atoms with Gasteiger partial charge in [-0.25, -0.2) is 0 Å². The quantitative estimate of drug-likeness (QED) is 0.444. The Morgan fingerprint density at radius 3 is 2.58 bits per heavy atom. The van der Waals surface area contributed by atoms with E-state index in [1.807, 2.05) is 0 Å². The summed E-state index contributed by atoms with van der Waals surface area (Å²) in [6.45, 7) is 3.11. The van der Waals surface area contributed by atoms with Crippen molar-refractivity contribution in [2.45, 2.75) is 19.8 Å². The van der Waals surface area contributed by atoms with Gasteiger partial charge in [-0.2, -0.15) is 5.06 Å². The Labute approximate surface area is 73.7 Å². The number of hydroxylamine groups is 2. The highest BCUT2D eigenvalue weighted by Crippen LogP contribution is 2.06. The molecule has 0 saturated heterocycles. The number of methoxy groups -OCH3 is 1. The average molecular weight is 177 g/mol. The number of nitrogens with zero attached hydrogens (tertiary/aromatic N) is 1. The molecule has 4 heteroatoms. The van der Waals surface area contributed by atoms with Crippen molar-refractivity contribution >= 4 is 0 Å². The molecule has 12 heavy (non-hydrogen) atoms. The van der Waals surface area contributed by atoms with Crippen LogP contribution in [0.3, 0.4) is 0 Å². The maximum Gasteiger partial charge on any atom is 0.121 e. The third kappa shape index (κ3) is 6.54. The van der Waals surface area contributed by atoms with Gasteiger partial charge in [-0.05, 0) is 18.8 Å². The summed E-state index contributed by atoms with van der Waals surface area (Å²) in [5.41, 5.74) is 0. The topological polar surface area (TPSA) is 52.9 Å². The standard InChI is InChI=1S/C8H19NO3/c1-8(4-6-10)3-5-9(11)7-12-2/h8,10-11H,3-7H2,1-2H3. The first-order valence-electron chi connectivity index (χ1n) is 4.24. The molecule has 0 rings (SSSR count). The average Bonchev–Trinajstić information content (AvgIpc) is 2.02. The number of aliphatic hydroxyl groups excluding tert-OH is 1. The van der Waals surface area contributed by atoms with Gasteiger partial charge in [0.15, 0.2) is 0 Å². The highest BCUT2D eigenvalue weighted by atomic mass is 16.6. The number of hydrogen-bond donors (Lipinski definition) is 2. The van der Waals surface area contributed by atoms with Crippen LogP contribution in [-0.2, 0) is 4.74 Å². The highest BCUT2D eigenvalue weighted by molar-refractivity contribution is 4.53. The molecule has 0 heterocycles. The van der Waals surface area contributed by atoms with Gasteiger partial charge in [-0.1, -0.05) is 6.92 Å². The SMILES string of the molecule is COCN(O)CCC(C)CCO. The molecule has 1 atom stereocenters. The second-order valence-electron chi connectivity index (χ2n) is 3.05. The summed E-state index contributed by atoms with van der Waals surface area (Å²) in [7, 11) is 1.54. The molecule has 0 saturated carbocycles. The Morgan fingerprint density at radius 1 is 1.42 bits per heavy atom. The Bertz CT molecular complexity index is 88.3. The van der Waals surface area contributed by atoms with Crippen molar-refractivity contribution < 1.29 is 15.1 Å². The molecule has 0 amide bonds. The molecule has 0 aromatic heterocycles. The summed E-state index contributed by atoms with van der Waals surface area (Å²) in [5.74, 6) is 0.446. The van der Waals surface area contributed by atoms with Crippen molar-refractivity contribution in [3.05, 3.63) is 0 Å². The van der Waals surface area contributed by atoms with E-state index in [4.69, 9.17) is 15.1 Å². The summed E-state index contributed by atoms with van der Waals surface area (Å²) in [6.07, 6.45) is 1.67. The fraction of sp³-hybridized carbons (Fsp3) is 1.00. The van der Waals surface area contributed by atoms with Gasteiger partial charge >= 0.3 is 0 Å². The van der Waals surface area contributed by atoms with Gasteiger partial charge in [0.1, 0.15) is 6.73 Å². The molecule has 2 N–H and O–H groups in total. The van der Waals surface area contributed by atoms with Crippen molar-refractivity contribution in [3.63, 3.8) is 0 Å². The smallest absolute Gasteiger partial charge is 0.121 e. The molecular formula is C8H19NO3. The molecule has 0 fully saturated rings. The van der Waals surface area contributed by atoms with Crippen LogP contribution in [0.15, 0.2) is 0 Å². The summed E-state index contributed by atoms with van der Waals surface area (Å²) in [4.78, 5) is 0. The first-order valence-corrected chi connectivity index (χ1v) is 4.24. The van der Waals surface area contributed by atoms with Crippen LogP contribution in [-0.4, -0.2) is 42.4 Å². The van der Waals surface area contributed by atoms with E-state index in [9.17, 15) is 0 Å². The zero-order chi connectivity index (χ0) is 9.40. The summed E-state index contributed by atoms with van der Waals surface area (Å²) in [5, 5.41) is 18.8. The van der Waals surface area contributed by atoms with Crippen LogP contribution in [0.25, 0.3) is 0 Å². The molecule has 0 aliphatic carbocycles. The third-order valence-electron chi connectivity index (χ3n) is 1.78. The van der Waals surface area contributed by atoms with E-state index in [0.717, 1.165) is 17.9 Å². The molecule has 74 valence electrons. The van der Waals surface area contributed by atoms with Gasteiger partial charge < -0.3 is 15.1 Å². The Morgan fingerprint density at radius 2 is 2.08 bits per heavy atom. The number of rotatable bonds is 7. The molecular weight excluding hydrogens is 158 g/mol. The van der Waals surface area contributed by atoms with Crippen LogP contribution < -0.4 is 0 Å². The van der Waals surface area contributed by atoms with Crippen molar-refractivity contribution in [3.8, 4) is 0 Å². The molecule has 1 unspecified atom stereocenters. The Balaban J connectivity index is 3.27. The summed E-state index contributed by atoms with van der Waals surface area (Å²) in [6, 6.07) is 0. The van der Waals surface area contributed by atoms with E-state index >= 15 is 0 Å². The van der Waals surface area contributed by atoms with Crippen LogP contribution in [0.4, 0.5) is 0 Å². The first-order chi connectivity index (χ1) is 5.70. The van der Waals surface area contributed by atoms with Crippen LogP contribution in [0, 0.1) is 5.92 Å². The van der Waals surface area contributed by atoms with Crippen molar-refractivity contribution in [1.82, 2.24) is 5.06 Å². The van der Waals surface area contributed by atoms with Gasteiger partial charge in [0.05, 0.1) is 0 Å². The molecule has 4 nitrogen and oxygen atoms in total. The number of aliphatic hydroxyl groups is 1. The van der Waals surface area contributed by atoms with Gasteiger partial charge in [0.2, 0.25) is 0 Å². The fourth-order valence-electron chi connectivity index (χ4n) is 0.948. The van der Waals surface area contributed by atoms with E-state index in [1.165, 1.54) is 0 Å². The second-order valence-corrected chi connectivity index (χ2v) is 3.05. The molecule has 0 aromatic carbocycles. The maximum absolute atomic E-state index is 9.11. The zero-order valence-electron chi connectivity index (χ0n) is 7.86. The lowest BCUT2D eigenvalue weighted by molar-refractivity contribution is -0.153. The highest BCUT2D eigenvalue weighted by Gasteiger charge is 2.04. The molecule has 0 spiro atoms. The normalized spacial score (nSPS) is 13.8. The van der Waals surface area contributed by atoms with Gasteiger partial charge in [0, 0.05) is 20.3 Å². The fourth-order valence-corrected chi connectivity index (χ4v) is 0.948. The largest absolute Gasteiger partial charge is 0.396 e. The molecule has 0 aliphatic rings. The van der Waals surface area contributed by atoms with E-state index in [2.05, 4.69) is 6.92 Å². The monoisotopic (exact) mass is 177 g/mol. The lowest BCUT2D eigenvalue weighted by atomic mass is 10.1. The van der Waals surface area contributed by atoms with E-state index in [1.54, 1.807) is 7.11 Å². The van der Waals surface area contributed by atoms with E-state index < -0.39 is 0 Å². The predicted octanol–water partition coefficient (Wildman–Crippen LogP) is 0.690. The number of hydrogen-bond acceptors (Lipinski definition) is 4. The van der Waals surface area contributed by atoms with Crippen molar-refractivity contribution in [1.29, 1.82) is 0 Å². The molecule has 0 radical (unpaired) electrons. The van der Waals surface area contributed by atoms with Crippen LogP contribution in [0.5, 0.6) is 0 Å².